The van der Waals surface area contributed by atoms with E-state index in [-0.39, 0.29) is 0 Å². The fourth-order valence-electron chi connectivity index (χ4n) is 1.03. The minimum absolute atomic E-state index is 1.09. The van der Waals surface area contributed by atoms with Crippen LogP contribution in [0, 0.1) is 0 Å². The Morgan fingerprint density at radius 1 is 1.00 bits per heavy atom. The number of fused-ring (bicyclic) bond motifs is 1. The SMILES string of the molecule is c1ccc2c(c1)[Si]C[Si]2. The standard InChI is InChI=1S/C7H6Si2/c1-2-4-7-6(3-1)8-5-9-7/h1-4H,5H2. The van der Waals surface area contributed by atoms with Gasteiger partial charge < -0.3 is 0 Å². The van der Waals surface area contributed by atoms with Crippen LogP contribution in [-0.2, 0) is 0 Å². The van der Waals surface area contributed by atoms with E-state index in [1.54, 1.807) is 10.4 Å². The molecule has 1 aromatic carbocycles. The number of rotatable bonds is 0. The summed E-state index contributed by atoms with van der Waals surface area (Å²) in [6.45, 7) is 0. The summed E-state index contributed by atoms with van der Waals surface area (Å²) in [7, 11) is 2.18. The Bertz CT molecular complexity index is 197. The number of hydrogen-bond acceptors (Lipinski definition) is 0. The summed E-state index contributed by atoms with van der Waals surface area (Å²) in [5.41, 5.74) is 1.42. The quantitative estimate of drug-likeness (QED) is 0.442. The van der Waals surface area contributed by atoms with Gasteiger partial charge in [-0.15, -0.1) is 0 Å². The molecule has 0 N–H and O–H groups in total. The summed E-state index contributed by atoms with van der Waals surface area (Å²) < 4.78 is 0. The first-order valence-electron chi connectivity index (χ1n) is 3.03. The zero-order valence-electron chi connectivity index (χ0n) is 5.02. The zero-order valence-corrected chi connectivity index (χ0v) is 7.02. The molecule has 0 unspecified atom stereocenters. The highest BCUT2D eigenvalue weighted by Crippen LogP contribution is 1.89. The van der Waals surface area contributed by atoms with Crippen LogP contribution in [0.25, 0.3) is 0 Å². The Morgan fingerprint density at radius 3 is 2.11 bits per heavy atom. The molecule has 9 heavy (non-hydrogen) atoms. The lowest BCUT2D eigenvalue weighted by atomic mass is 10.4. The summed E-state index contributed by atoms with van der Waals surface area (Å²) in [6.07, 6.45) is 0. The van der Waals surface area contributed by atoms with Crippen molar-refractivity contribution in [3.8, 4) is 0 Å². The molecule has 4 radical (unpaired) electrons. The molecule has 2 heteroatoms. The first-order chi connectivity index (χ1) is 4.47. The van der Waals surface area contributed by atoms with Gasteiger partial charge >= 0.3 is 0 Å². The van der Waals surface area contributed by atoms with E-state index >= 15 is 0 Å². The third-order valence-electron chi connectivity index (χ3n) is 1.48. The van der Waals surface area contributed by atoms with Crippen molar-refractivity contribution >= 4 is 29.4 Å². The molecular formula is C7H6Si2. The van der Waals surface area contributed by atoms with Crippen LogP contribution in [0.15, 0.2) is 24.3 Å². The van der Waals surface area contributed by atoms with Crippen molar-refractivity contribution in [2.45, 2.75) is 5.67 Å². The number of benzene rings is 1. The molecule has 0 saturated heterocycles. The molecule has 1 aliphatic rings. The van der Waals surface area contributed by atoms with Gasteiger partial charge in [0.05, 0.1) is 19.0 Å². The molecule has 1 heterocycles. The fourth-order valence-corrected chi connectivity index (χ4v) is 4.41. The van der Waals surface area contributed by atoms with Crippen molar-refractivity contribution in [1.29, 1.82) is 0 Å². The van der Waals surface area contributed by atoms with Crippen molar-refractivity contribution < 1.29 is 0 Å². The monoisotopic (exact) mass is 146 g/mol. The topological polar surface area (TPSA) is 0 Å². The smallest absolute Gasteiger partial charge is 0.0658 e. The van der Waals surface area contributed by atoms with Crippen molar-refractivity contribution in [2.75, 3.05) is 0 Å². The van der Waals surface area contributed by atoms with E-state index in [9.17, 15) is 0 Å². The van der Waals surface area contributed by atoms with Gasteiger partial charge in [0.2, 0.25) is 0 Å². The lowest BCUT2D eigenvalue weighted by molar-refractivity contribution is 1.83. The summed E-state index contributed by atoms with van der Waals surface area (Å²) in [5.74, 6) is 0. The van der Waals surface area contributed by atoms with E-state index in [2.05, 4.69) is 24.3 Å². The highest BCUT2D eigenvalue weighted by Gasteiger charge is 2.09. The van der Waals surface area contributed by atoms with Crippen LogP contribution in [0.4, 0.5) is 0 Å². The normalized spacial score (nSPS) is 15.6. The Balaban J connectivity index is 2.54. The largest absolute Gasteiger partial charge is 0.0775 e. The Morgan fingerprint density at radius 2 is 1.56 bits per heavy atom. The zero-order chi connectivity index (χ0) is 6.10. The maximum absolute atomic E-state index is 2.26. The summed E-state index contributed by atoms with van der Waals surface area (Å²) in [4.78, 5) is 0. The highest BCUT2D eigenvalue weighted by atomic mass is 28.3. The van der Waals surface area contributed by atoms with E-state index in [4.69, 9.17) is 0 Å². The molecule has 0 spiro atoms. The predicted molar refractivity (Wildman–Crippen MR) is 42.0 cm³/mol. The highest BCUT2D eigenvalue weighted by molar-refractivity contribution is 6.81. The minimum Gasteiger partial charge on any atom is -0.0658 e. The molecule has 0 atom stereocenters. The molecule has 0 nitrogen and oxygen atoms in total. The van der Waals surface area contributed by atoms with Crippen LogP contribution in [0.1, 0.15) is 0 Å². The Kier molecular flexibility index (Phi) is 1.28. The second-order valence-corrected chi connectivity index (χ2v) is 5.27. The van der Waals surface area contributed by atoms with Crippen LogP contribution in [-0.4, -0.2) is 19.0 Å². The molecule has 1 aromatic rings. The minimum atomic E-state index is 1.09. The van der Waals surface area contributed by atoms with E-state index < -0.39 is 0 Å². The second kappa shape index (κ2) is 2.12. The van der Waals surface area contributed by atoms with Crippen LogP contribution in [0.2, 0.25) is 5.67 Å². The van der Waals surface area contributed by atoms with Gasteiger partial charge in [-0.3, -0.25) is 0 Å². The molecule has 0 bridgehead atoms. The first-order valence-corrected chi connectivity index (χ1v) is 5.45. The fraction of sp³-hybridized carbons (Fsp3) is 0.143. The Hall–Kier alpha value is -0.346. The molecule has 2 rings (SSSR count). The molecule has 0 aromatic heterocycles. The van der Waals surface area contributed by atoms with E-state index in [0.29, 0.717) is 0 Å². The maximum Gasteiger partial charge on any atom is 0.0775 e. The van der Waals surface area contributed by atoms with E-state index in [0.717, 1.165) is 19.0 Å². The molecule has 0 saturated carbocycles. The van der Waals surface area contributed by atoms with Crippen molar-refractivity contribution in [2.24, 2.45) is 0 Å². The van der Waals surface area contributed by atoms with Gasteiger partial charge in [-0.05, 0) is 0 Å². The van der Waals surface area contributed by atoms with Gasteiger partial charge in [0, 0.05) is 0 Å². The average Bonchev–Trinajstić information content (AvgIpc) is 2.33. The van der Waals surface area contributed by atoms with Crippen LogP contribution < -0.4 is 10.4 Å². The molecule has 1 aliphatic heterocycles. The lowest BCUT2D eigenvalue weighted by Crippen LogP contribution is -2.24. The summed E-state index contributed by atoms with van der Waals surface area (Å²) >= 11 is 0. The summed E-state index contributed by atoms with van der Waals surface area (Å²) in [6, 6.07) is 8.80. The van der Waals surface area contributed by atoms with Crippen LogP contribution >= 0.6 is 0 Å². The van der Waals surface area contributed by atoms with E-state index in [1.165, 1.54) is 5.67 Å². The van der Waals surface area contributed by atoms with Gasteiger partial charge in [-0.2, -0.15) is 0 Å². The third-order valence-corrected chi connectivity index (χ3v) is 4.78. The van der Waals surface area contributed by atoms with Gasteiger partial charge in [-0.25, -0.2) is 0 Å². The predicted octanol–water partition coefficient (Wildman–Crippen LogP) is -0.265. The van der Waals surface area contributed by atoms with Gasteiger partial charge in [-0.1, -0.05) is 40.3 Å². The van der Waals surface area contributed by atoms with Crippen molar-refractivity contribution in [3.63, 3.8) is 0 Å². The second-order valence-electron chi connectivity index (χ2n) is 2.08. The molecule has 42 valence electrons. The molecule has 0 amide bonds. The molecular weight excluding hydrogens is 140 g/mol. The van der Waals surface area contributed by atoms with Crippen LogP contribution in [0.3, 0.4) is 0 Å². The van der Waals surface area contributed by atoms with Crippen molar-refractivity contribution in [1.82, 2.24) is 0 Å². The number of hydrogen-bond donors (Lipinski definition) is 0. The first kappa shape index (κ1) is 5.44. The van der Waals surface area contributed by atoms with Gasteiger partial charge in [0.25, 0.3) is 0 Å². The van der Waals surface area contributed by atoms with Gasteiger partial charge in [0.15, 0.2) is 0 Å². The molecule has 0 fully saturated rings. The third kappa shape index (κ3) is 0.882. The molecule has 0 aliphatic carbocycles. The van der Waals surface area contributed by atoms with Crippen molar-refractivity contribution in [3.05, 3.63) is 24.3 Å². The Labute approximate surface area is 59.9 Å². The van der Waals surface area contributed by atoms with Crippen LogP contribution in [0.5, 0.6) is 0 Å². The van der Waals surface area contributed by atoms with E-state index in [1.807, 2.05) is 0 Å². The summed E-state index contributed by atoms with van der Waals surface area (Å²) in [5, 5.41) is 3.21. The average molecular weight is 146 g/mol. The van der Waals surface area contributed by atoms with Gasteiger partial charge in [0.1, 0.15) is 0 Å². The lowest BCUT2D eigenvalue weighted by Gasteiger charge is -1.92. The maximum atomic E-state index is 2.26.